The maximum absolute atomic E-state index is 5.75. The Morgan fingerprint density at radius 2 is 0.833 bits per heavy atom. The molecule has 0 aromatic heterocycles. The first-order valence-corrected chi connectivity index (χ1v) is 9.55. The van der Waals surface area contributed by atoms with Crippen molar-refractivity contribution in [3.63, 3.8) is 0 Å². The third-order valence-electron chi connectivity index (χ3n) is 5.87. The van der Waals surface area contributed by atoms with E-state index >= 15 is 0 Å². The van der Waals surface area contributed by atoms with Gasteiger partial charge in [0.2, 0.25) is 0 Å². The van der Waals surface area contributed by atoms with Crippen molar-refractivity contribution in [2.24, 2.45) is 0 Å². The van der Waals surface area contributed by atoms with Gasteiger partial charge in [-0.1, -0.05) is 0 Å². The largest absolute Gasteiger partial charge is 0.372 e. The maximum Gasteiger partial charge on any atom is 0.0727 e. The van der Waals surface area contributed by atoms with E-state index in [4.69, 9.17) is 9.47 Å². The molecule has 0 bridgehead atoms. The summed E-state index contributed by atoms with van der Waals surface area (Å²) in [6, 6.07) is 0. The first-order valence-electron chi connectivity index (χ1n) is 8.40. The molecule has 126 valence electrons. The first-order chi connectivity index (χ1) is 11.4. The molecule has 2 unspecified atom stereocenters. The van der Waals surface area contributed by atoms with E-state index in [1.807, 2.05) is 0 Å². The zero-order valence-electron chi connectivity index (χ0n) is 14.8. The topological polar surface area (TPSA) is 18.5 Å². The normalized spacial score (nSPS) is 15.8. The molecule has 0 spiro atoms. The van der Waals surface area contributed by atoms with E-state index < -0.39 is 0 Å². The number of ether oxygens (including phenoxy) is 2. The highest BCUT2D eigenvalue weighted by Crippen LogP contribution is 2.39. The predicted molar refractivity (Wildman–Crippen MR) is 107 cm³/mol. The molecule has 2 aromatic carbocycles. The first kappa shape index (κ1) is 16.7. The van der Waals surface area contributed by atoms with E-state index in [1.54, 1.807) is 0 Å². The molecular formula is C20H24O2P2. The second-order valence-corrected chi connectivity index (χ2v) is 8.13. The Kier molecular flexibility index (Phi) is 4.09. The summed E-state index contributed by atoms with van der Waals surface area (Å²) < 4.78 is 11.5. The van der Waals surface area contributed by atoms with Crippen molar-refractivity contribution in [1.29, 1.82) is 0 Å². The lowest BCUT2D eigenvalue weighted by molar-refractivity contribution is 0.134. The van der Waals surface area contributed by atoms with Gasteiger partial charge in [0.05, 0.1) is 26.4 Å². The standard InChI is InChI=1S/C20H24O2P2/c1-9-13-5-21-7-15(13)11(3)19(23)17(9)18-10(2)14-6-22-8-16(14)12(4)20(18)24/h5-8,23-24H2,1-4H3. The highest BCUT2D eigenvalue weighted by molar-refractivity contribution is 7.29. The second kappa shape index (κ2) is 5.89. The maximum atomic E-state index is 5.75. The van der Waals surface area contributed by atoms with Crippen LogP contribution >= 0.6 is 18.5 Å². The van der Waals surface area contributed by atoms with Crippen LogP contribution < -0.4 is 10.6 Å². The Morgan fingerprint density at radius 3 is 1.17 bits per heavy atom. The number of hydrogen-bond donors (Lipinski definition) is 0. The molecule has 0 aliphatic carbocycles. The van der Waals surface area contributed by atoms with E-state index in [0.717, 1.165) is 26.4 Å². The average molecular weight is 358 g/mol. The molecule has 2 heterocycles. The van der Waals surface area contributed by atoms with E-state index in [1.165, 1.54) is 66.2 Å². The molecule has 2 aromatic rings. The van der Waals surface area contributed by atoms with Gasteiger partial charge in [0, 0.05) is 0 Å². The Balaban J connectivity index is 2.09. The van der Waals surface area contributed by atoms with Crippen LogP contribution in [0.4, 0.5) is 0 Å². The molecule has 2 aliphatic rings. The van der Waals surface area contributed by atoms with Crippen LogP contribution in [-0.4, -0.2) is 0 Å². The van der Waals surface area contributed by atoms with Crippen LogP contribution in [0.25, 0.3) is 11.1 Å². The third kappa shape index (κ3) is 2.17. The predicted octanol–water partition coefficient (Wildman–Crippen LogP) is 3.65. The summed E-state index contributed by atoms with van der Waals surface area (Å²) in [6.07, 6.45) is 0. The van der Waals surface area contributed by atoms with Crippen LogP contribution in [0, 0.1) is 27.7 Å². The second-order valence-electron chi connectivity index (χ2n) is 6.98. The van der Waals surface area contributed by atoms with E-state index in [-0.39, 0.29) is 0 Å². The highest BCUT2D eigenvalue weighted by atomic mass is 31.0. The van der Waals surface area contributed by atoms with Gasteiger partial charge < -0.3 is 9.47 Å². The summed E-state index contributed by atoms with van der Waals surface area (Å²) >= 11 is 0. The summed E-state index contributed by atoms with van der Waals surface area (Å²) in [5.74, 6) is 0. The molecule has 4 rings (SSSR count). The zero-order valence-corrected chi connectivity index (χ0v) is 17.1. The molecule has 4 heteroatoms. The van der Waals surface area contributed by atoms with E-state index in [9.17, 15) is 0 Å². The summed E-state index contributed by atoms with van der Waals surface area (Å²) in [5, 5.41) is 2.61. The summed E-state index contributed by atoms with van der Waals surface area (Å²) in [4.78, 5) is 0. The fourth-order valence-corrected chi connectivity index (χ4v) is 5.32. The smallest absolute Gasteiger partial charge is 0.0727 e. The summed E-state index contributed by atoms with van der Waals surface area (Å²) in [5.41, 5.74) is 13.7. The summed E-state index contributed by atoms with van der Waals surface area (Å²) in [6.45, 7) is 11.9. The van der Waals surface area contributed by atoms with Gasteiger partial charge in [-0.25, -0.2) is 0 Å². The lowest BCUT2D eigenvalue weighted by atomic mass is 9.85. The highest BCUT2D eigenvalue weighted by Gasteiger charge is 2.27. The third-order valence-corrected chi connectivity index (χ3v) is 7.31. The van der Waals surface area contributed by atoms with E-state index in [0.29, 0.717) is 0 Å². The van der Waals surface area contributed by atoms with Crippen molar-refractivity contribution in [3.8, 4) is 11.1 Å². The van der Waals surface area contributed by atoms with E-state index in [2.05, 4.69) is 46.2 Å². The minimum atomic E-state index is 0.734. The molecule has 2 atom stereocenters. The van der Waals surface area contributed by atoms with Crippen LogP contribution in [-0.2, 0) is 35.9 Å². The molecule has 2 nitrogen and oxygen atoms in total. The van der Waals surface area contributed by atoms with Gasteiger partial charge in [-0.05, 0) is 93.9 Å². The number of benzene rings is 2. The summed E-state index contributed by atoms with van der Waals surface area (Å²) in [7, 11) is 5.98. The molecule has 0 N–H and O–H groups in total. The van der Waals surface area contributed by atoms with Gasteiger partial charge in [-0.2, -0.15) is 0 Å². The number of hydrogen-bond acceptors (Lipinski definition) is 2. The molecule has 0 saturated heterocycles. The molecule has 0 radical (unpaired) electrons. The van der Waals surface area contributed by atoms with Crippen molar-refractivity contribution in [1.82, 2.24) is 0 Å². The lowest BCUT2D eigenvalue weighted by Gasteiger charge is -2.23. The number of rotatable bonds is 1. The van der Waals surface area contributed by atoms with Crippen molar-refractivity contribution in [3.05, 3.63) is 44.5 Å². The van der Waals surface area contributed by atoms with Crippen LogP contribution in [0.15, 0.2) is 0 Å². The molecule has 0 saturated carbocycles. The van der Waals surface area contributed by atoms with Gasteiger partial charge in [0.25, 0.3) is 0 Å². The van der Waals surface area contributed by atoms with Crippen LogP contribution in [0.5, 0.6) is 0 Å². The van der Waals surface area contributed by atoms with Crippen molar-refractivity contribution < 1.29 is 9.47 Å². The Labute approximate surface area is 148 Å². The van der Waals surface area contributed by atoms with Gasteiger partial charge >= 0.3 is 0 Å². The van der Waals surface area contributed by atoms with Gasteiger partial charge in [0.15, 0.2) is 0 Å². The minimum absolute atomic E-state index is 0.734. The van der Waals surface area contributed by atoms with Gasteiger partial charge in [-0.15, -0.1) is 18.5 Å². The Morgan fingerprint density at radius 1 is 0.542 bits per heavy atom. The number of fused-ring (bicyclic) bond motifs is 2. The Bertz CT molecular complexity index is 811. The molecule has 2 aliphatic heterocycles. The van der Waals surface area contributed by atoms with Gasteiger partial charge in [-0.3, -0.25) is 0 Å². The van der Waals surface area contributed by atoms with Crippen LogP contribution in [0.2, 0.25) is 0 Å². The lowest BCUT2D eigenvalue weighted by Crippen LogP contribution is -2.17. The van der Waals surface area contributed by atoms with Crippen molar-refractivity contribution >= 4 is 29.1 Å². The quantitative estimate of drug-likeness (QED) is 0.725. The average Bonchev–Trinajstić information content (AvgIpc) is 3.23. The van der Waals surface area contributed by atoms with Gasteiger partial charge in [0.1, 0.15) is 0 Å². The fraction of sp³-hybridized carbons (Fsp3) is 0.400. The molecule has 24 heavy (non-hydrogen) atoms. The molecule has 0 fully saturated rings. The van der Waals surface area contributed by atoms with Crippen molar-refractivity contribution in [2.75, 3.05) is 0 Å². The minimum Gasteiger partial charge on any atom is -0.372 e. The van der Waals surface area contributed by atoms with Crippen molar-refractivity contribution in [2.45, 2.75) is 54.1 Å². The molecule has 0 amide bonds. The molecular weight excluding hydrogens is 334 g/mol. The van der Waals surface area contributed by atoms with Crippen LogP contribution in [0.3, 0.4) is 0 Å². The fourth-order valence-electron chi connectivity index (χ4n) is 4.25. The SMILES string of the molecule is Cc1c(P)c(-c2c(C)c3c(c(C)c2P)COC3)c(C)c2c1COC2. The zero-order chi connectivity index (χ0) is 17.2. The van der Waals surface area contributed by atoms with Crippen LogP contribution in [0.1, 0.15) is 44.5 Å². The Hall–Kier alpha value is -0.780. The monoisotopic (exact) mass is 358 g/mol.